The van der Waals surface area contributed by atoms with Crippen LogP contribution in [-0.2, 0) is 4.79 Å². The number of hydrogen-bond acceptors (Lipinski definition) is 4. The van der Waals surface area contributed by atoms with E-state index < -0.39 is 5.97 Å². The van der Waals surface area contributed by atoms with Crippen LogP contribution in [0.3, 0.4) is 0 Å². The molecule has 31 heavy (non-hydrogen) atoms. The molecule has 2 aromatic carbocycles. The van der Waals surface area contributed by atoms with Crippen LogP contribution in [0.4, 0.5) is 0 Å². The van der Waals surface area contributed by atoms with Crippen LogP contribution in [0.1, 0.15) is 79.8 Å². The molecule has 0 aliphatic carbocycles. The highest BCUT2D eigenvalue weighted by Gasteiger charge is 2.13. The quantitative estimate of drug-likeness (QED) is 0.121. The van der Waals surface area contributed by atoms with Gasteiger partial charge in [0.15, 0.2) is 0 Å². The molecule has 1 N–H and O–H groups in total. The van der Waals surface area contributed by atoms with Gasteiger partial charge in [0.1, 0.15) is 5.75 Å². The number of unbranched alkanes of at least 4 members (excludes halogenated alkanes) is 6. The molecule has 0 fully saturated rings. The van der Waals surface area contributed by atoms with Crippen molar-refractivity contribution in [2.75, 3.05) is 0 Å². The molecule has 5 nitrogen and oxygen atoms in total. The fourth-order valence-electron chi connectivity index (χ4n) is 3.14. The Bertz CT molecular complexity index is 896. The highest BCUT2D eigenvalue weighted by atomic mass is 79.9. The summed E-state index contributed by atoms with van der Waals surface area (Å²) in [5.41, 5.74) is 4.50. The lowest BCUT2D eigenvalue weighted by atomic mass is 10.1. The Labute approximate surface area is 193 Å². The SMILES string of the molecule is CCCCCCCCCC(=O)N/N=C/c1cc(Br)ccc1OC(=O)c1ccccc1C. The van der Waals surface area contributed by atoms with Crippen LogP contribution in [0.2, 0.25) is 0 Å². The zero-order valence-corrected chi connectivity index (χ0v) is 19.9. The monoisotopic (exact) mass is 486 g/mol. The maximum Gasteiger partial charge on any atom is 0.343 e. The van der Waals surface area contributed by atoms with Crippen LogP contribution in [0.15, 0.2) is 52.0 Å². The molecule has 6 heteroatoms. The Hall–Kier alpha value is -2.47. The van der Waals surface area contributed by atoms with Gasteiger partial charge in [0.25, 0.3) is 0 Å². The number of ether oxygens (including phenoxy) is 1. The van der Waals surface area contributed by atoms with Gasteiger partial charge in [0.2, 0.25) is 5.91 Å². The highest BCUT2D eigenvalue weighted by molar-refractivity contribution is 9.10. The first-order chi connectivity index (χ1) is 15.0. The summed E-state index contributed by atoms with van der Waals surface area (Å²) in [7, 11) is 0. The maximum absolute atomic E-state index is 12.5. The first kappa shape index (κ1) is 24.8. The molecule has 0 saturated heterocycles. The average Bonchev–Trinajstić information content (AvgIpc) is 2.75. The molecule has 0 aliphatic heterocycles. The number of aryl methyl sites for hydroxylation is 1. The first-order valence-corrected chi connectivity index (χ1v) is 11.7. The molecule has 166 valence electrons. The number of benzene rings is 2. The number of nitrogens with one attached hydrogen (secondary N) is 1. The van der Waals surface area contributed by atoms with Crippen LogP contribution in [0.25, 0.3) is 0 Å². The first-order valence-electron chi connectivity index (χ1n) is 10.9. The van der Waals surface area contributed by atoms with Crippen molar-refractivity contribution in [2.24, 2.45) is 5.10 Å². The van der Waals surface area contributed by atoms with Crippen molar-refractivity contribution in [1.29, 1.82) is 0 Å². The maximum atomic E-state index is 12.5. The molecule has 0 bridgehead atoms. The van der Waals surface area contributed by atoms with Crippen LogP contribution in [-0.4, -0.2) is 18.1 Å². The number of carbonyl (C=O) groups excluding carboxylic acids is 2. The molecule has 0 saturated carbocycles. The van der Waals surface area contributed by atoms with Gasteiger partial charge in [-0.2, -0.15) is 5.10 Å². The van der Waals surface area contributed by atoms with Gasteiger partial charge in [-0.3, -0.25) is 4.79 Å². The number of esters is 1. The molecule has 0 radical (unpaired) electrons. The highest BCUT2D eigenvalue weighted by Crippen LogP contribution is 2.23. The molecular weight excluding hydrogens is 456 g/mol. The normalized spacial score (nSPS) is 10.9. The van der Waals surface area contributed by atoms with Gasteiger partial charge in [0.05, 0.1) is 11.8 Å². The number of rotatable bonds is 12. The third-order valence-corrected chi connectivity index (χ3v) is 5.43. The average molecular weight is 487 g/mol. The minimum atomic E-state index is -0.432. The van der Waals surface area contributed by atoms with Crippen LogP contribution >= 0.6 is 15.9 Å². The van der Waals surface area contributed by atoms with E-state index in [4.69, 9.17) is 4.74 Å². The Morgan fingerprint density at radius 3 is 2.48 bits per heavy atom. The zero-order valence-electron chi connectivity index (χ0n) is 18.3. The lowest BCUT2D eigenvalue weighted by molar-refractivity contribution is -0.121. The molecular formula is C25H31BrN2O3. The van der Waals surface area contributed by atoms with E-state index in [0.717, 1.165) is 22.9 Å². The zero-order chi connectivity index (χ0) is 22.5. The number of carbonyl (C=O) groups is 2. The van der Waals surface area contributed by atoms with E-state index in [1.165, 1.54) is 38.3 Å². The van der Waals surface area contributed by atoms with E-state index in [9.17, 15) is 9.59 Å². The molecule has 0 atom stereocenters. The summed E-state index contributed by atoms with van der Waals surface area (Å²) in [6.45, 7) is 4.07. The second kappa shape index (κ2) is 13.8. The summed E-state index contributed by atoms with van der Waals surface area (Å²) in [6, 6.07) is 12.5. The summed E-state index contributed by atoms with van der Waals surface area (Å²) in [5, 5.41) is 4.04. The van der Waals surface area contributed by atoms with Gasteiger partial charge < -0.3 is 4.74 Å². The second-order valence-corrected chi connectivity index (χ2v) is 8.47. The molecule has 0 aromatic heterocycles. The van der Waals surface area contributed by atoms with Crippen molar-refractivity contribution >= 4 is 34.0 Å². The van der Waals surface area contributed by atoms with Gasteiger partial charge >= 0.3 is 5.97 Å². The van der Waals surface area contributed by atoms with E-state index in [2.05, 4.69) is 33.4 Å². The molecule has 2 aromatic rings. The second-order valence-electron chi connectivity index (χ2n) is 7.55. The number of halogens is 1. The van der Waals surface area contributed by atoms with E-state index in [1.807, 2.05) is 19.1 Å². The molecule has 2 rings (SSSR count). The van der Waals surface area contributed by atoms with E-state index >= 15 is 0 Å². The summed E-state index contributed by atoms with van der Waals surface area (Å²) < 4.78 is 6.40. The molecule has 0 unspecified atom stereocenters. The van der Waals surface area contributed by atoms with Crippen LogP contribution in [0.5, 0.6) is 5.75 Å². The molecule has 0 heterocycles. The Morgan fingerprint density at radius 2 is 1.74 bits per heavy atom. The Morgan fingerprint density at radius 1 is 1.03 bits per heavy atom. The van der Waals surface area contributed by atoms with Gasteiger partial charge in [-0.05, 0) is 43.2 Å². The van der Waals surface area contributed by atoms with Gasteiger partial charge in [-0.15, -0.1) is 0 Å². The Balaban J connectivity index is 1.87. The van der Waals surface area contributed by atoms with Crippen molar-refractivity contribution in [2.45, 2.75) is 65.2 Å². The third kappa shape index (κ3) is 9.05. The largest absolute Gasteiger partial charge is 0.422 e. The topological polar surface area (TPSA) is 67.8 Å². The lowest BCUT2D eigenvalue weighted by Crippen LogP contribution is -2.17. The summed E-state index contributed by atoms with van der Waals surface area (Å²) in [6.07, 6.45) is 10.1. The summed E-state index contributed by atoms with van der Waals surface area (Å²) >= 11 is 3.41. The number of hydrogen-bond donors (Lipinski definition) is 1. The minimum Gasteiger partial charge on any atom is -0.422 e. The van der Waals surface area contributed by atoms with Gasteiger partial charge in [-0.25, -0.2) is 10.2 Å². The van der Waals surface area contributed by atoms with Crippen molar-refractivity contribution in [3.8, 4) is 5.75 Å². The molecule has 1 amide bonds. The van der Waals surface area contributed by atoms with Crippen LogP contribution < -0.4 is 10.2 Å². The standard InChI is InChI=1S/C25H31BrN2O3/c1-3-4-5-6-7-8-9-14-24(29)28-27-18-20-17-21(26)15-16-23(20)31-25(30)22-13-11-10-12-19(22)2/h10-13,15-18H,3-9,14H2,1-2H3,(H,28,29)/b27-18+. The van der Waals surface area contributed by atoms with Crippen molar-refractivity contribution < 1.29 is 14.3 Å². The molecule has 0 aliphatic rings. The van der Waals surface area contributed by atoms with E-state index in [-0.39, 0.29) is 5.91 Å². The minimum absolute atomic E-state index is 0.113. The van der Waals surface area contributed by atoms with E-state index in [1.54, 1.807) is 30.3 Å². The molecule has 0 spiro atoms. The fraction of sp³-hybridized carbons (Fsp3) is 0.400. The van der Waals surface area contributed by atoms with Crippen molar-refractivity contribution in [1.82, 2.24) is 5.43 Å². The van der Waals surface area contributed by atoms with E-state index in [0.29, 0.717) is 23.3 Å². The third-order valence-electron chi connectivity index (χ3n) is 4.94. The number of hydrazone groups is 1. The summed E-state index contributed by atoms with van der Waals surface area (Å²) in [4.78, 5) is 24.5. The predicted octanol–water partition coefficient (Wildman–Crippen LogP) is 6.57. The smallest absolute Gasteiger partial charge is 0.343 e. The summed E-state index contributed by atoms with van der Waals surface area (Å²) in [5.74, 6) is -0.169. The predicted molar refractivity (Wildman–Crippen MR) is 129 cm³/mol. The van der Waals surface area contributed by atoms with Crippen molar-refractivity contribution in [3.05, 3.63) is 63.6 Å². The number of nitrogens with zero attached hydrogens (tertiary/aromatic N) is 1. The lowest BCUT2D eigenvalue weighted by Gasteiger charge is -2.09. The fourth-order valence-corrected chi connectivity index (χ4v) is 3.52. The number of amides is 1. The van der Waals surface area contributed by atoms with Gasteiger partial charge in [-0.1, -0.05) is 79.6 Å². The van der Waals surface area contributed by atoms with Crippen molar-refractivity contribution in [3.63, 3.8) is 0 Å². The van der Waals surface area contributed by atoms with Gasteiger partial charge in [0, 0.05) is 16.5 Å². The Kier molecular flexibility index (Phi) is 11.0. The van der Waals surface area contributed by atoms with Crippen LogP contribution in [0, 0.1) is 6.92 Å².